The lowest BCUT2D eigenvalue weighted by molar-refractivity contribution is -0.112. The Morgan fingerprint density at radius 1 is 2.00 bits per heavy atom. The molecular formula is C4H6ClFOS. The average molecular weight is 157 g/mol. The van der Waals surface area contributed by atoms with Crippen LogP contribution in [0.1, 0.15) is 6.92 Å². The van der Waals surface area contributed by atoms with E-state index >= 15 is 0 Å². The van der Waals surface area contributed by atoms with E-state index in [2.05, 4.69) is 0 Å². The Kier molecular flexibility index (Phi) is 4.28. The van der Waals surface area contributed by atoms with E-state index in [0.717, 1.165) is 11.8 Å². The molecule has 0 bridgehead atoms. The number of hydrogen-bond donors (Lipinski definition) is 0. The SMILES string of the molecule is CCSC(=O)C(F)Cl. The molecule has 0 aliphatic carbocycles. The third kappa shape index (κ3) is 3.27. The zero-order valence-electron chi connectivity index (χ0n) is 4.36. The fourth-order valence-corrected chi connectivity index (χ4v) is 0.805. The van der Waals surface area contributed by atoms with Gasteiger partial charge in [-0.25, -0.2) is 4.39 Å². The van der Waals surface area contributed by atoms with Crippen molar-refractivity contribution in [3.8, 4) is 0 Å². The fourth-order valence-electron chi connectivity index (χ4n) is 0.205. The molecule has 1 unspecified atom stereocenters. The van der Waals surface area contributed by atoms with Gasteiger partial charge in [-0.3, -0.25) is 4.79 Å². The van der Waals surface area contributed by atoms with Crippen molar-refractivity contribution in [1.29, 1.82) is 0 Å². The van der Waals surface area contributed by atoms with Gasteiger partial charge in [0.05, 0.1) is 0 Å². The molecule has 1 atom stereocenters. The van der Waals surface area contributed by atoms with Crippen LogP contribution in [0.3, 0.4) is 0 Å². The third-order valence-corrected chi connectivity index (χ3v) is 1.57. The fraction of sp³-hybridized carbons (Fsp3) is 0.750. The van der Waals surface area contributed by atoms with Crippen LogP contribution in [0, 0.1) is 0 Å². The summed E-state index contributed by atoms with van der Waals surface area (Å²) in [5.41, 5.74) is -1.83. The van der Waals surface area contributed by atoms with E-state index in [9.17, 15) is 9.18 Å². The van der Waals surface area contributed by atoms with Gasteiger partial charge in [0.25, 0.3) is 0 Å². The van der Waals surface area contributed by atoms with Gasteiger partial charge in [-0.05, 0) is 5.75 Å². The third-order valence-electron chi connectivity index (χ3n) is 0.465. The normalized spacial score (nSPS) is 13.4. The first-order chi connectivity index (χ1) is 3.68. The minimum absolute atomic E-state index is 0.575. The maximum atomic E-state index is 11.7. The molecule has 0 aromatic heterocycles. The highest BCUT2D eigenvalue weighted by molar-refractivity contribution is 8.13. The Hall–Kier alpha value is 0.240. The molecule has 0 aliphatic rings. The van der Waals surface area contributed by atoms with Crippen molar-refractivity contribution >= 4 is 28.5 Å². The zero-order chi connectivity index (χ0) is 6.57. The molecule has 0 saturated carbocycles. The molecule has 1 nitrogen and oxygen atoms in total. The number of carbonyl (C=O) groups is 1. The Balaban J connectivity index is 3.33. The van der Waals surface area contributed by atoms with Crippen molar-refractivity contribution in [3.05, 3.63) is 0 Å². The molecule has 48 valence electrons. The van der Waals surface area contributed by atoms with Crippen LogP contribution in [0.25, 0.3) is 0 Å². The maximum absolute atomic E-state index is 11.7. The van der Waals surface area contributed by atoms with Gasteiger partial charge in [0.2, 0.25) is 10.7 Å². The van der Waals surface area contributed by atoms with E-state index in [-0.39, 0.29) is 0 Å². The van der Waals surface area contributed by atoms with E-state index in [1.807, 2.05) is 0 Å². The second-order valence-electron chi connectivity index (χ2n) is 1.05. The number of halogens is 2. The number of thioether (sulfide) groups is 1. The zero-order valence-corrected chi connectivity index (χ0v) is 5.93. The molecule has 0 aromatic carbocycles. The first-order valence-electron chi connectivity index (χ1n) is 2.13. The highest BCUT2D eigenvalue weighted by Crippen LogP contribution is 2.10. The molecule has 0 radical (unpaired) electrons. The van der Waals surface area contributed by atoms with Gasteiger partial charge in [-0.1, -0.05) is 30.3 Å². The summed E-state index contributed by atoms with van der Waals surface area (Å²) in [6, 6.07) is 0. The predicted octanol–water partition coefficient (Wildman–Crippen LogP) is 1.80. The lowest BCUT2D eigenvalue weighted by Gasteiger charge is -1.92. The van der Waals surface area contributed by atoms with E-state index in [1.54, 1.807) is 6.92 Å². The standard InChI is InChI=1S/C4H6ClFOS/c1-2-8-4(7)3(5)6/h3H,2H2,1H3. The Bertz CT molecular complexity index is 86.1. The summed E-state index contributed by atoms with van der Waals surface area (Å²) in [4.78, 5) is 10.2. The second kappa shape index (κ2) is 4.15. The minimum atomic E-state index is -1.83. The number of rotatable bonds is 2. The molecule has 0 spiro atoms. The number of hydrogen-bond acceptors (Lipinski definition) is 2. The second-order valence-corrected chi connectivity index (χ2v) is 2.70. The minimum Gasteiger partial charge on any atom is -0.282 e. The number of carbonyl (C=O) groups excluding carboxylic acids is 1. The van der Waals surface area contributed by atoms with Gasteiger partial charge in [-0.15, -0.1) is 0 Å². The van der Waals surface area contributed by atoms with Gasteiger partial charge in [0.1, 0.15) is 0 Å². The van der Waals surface area contributed by atoms with Crippen molar-refractivity contribution in [2.75, 3.05) is 5.75 Å². The van der Waals surface area contributed by atoms with E-state index in [4.69, 9.17) is 11.6 Å². The smallest absolute Gasteiger partial charge is 0.241 e. The molecule has 0 fully saturated rings. The van der Waals surface area contributed by atoms with Crippen molar-refractivity contribution in [2.45, 2.75) is 12.6 Å². The monoisotopic (exact) mass is 156 g/mol. The molecule has 0 N–H and O–H groups in total. The topological polar surface area (TPSA) is 17.1 Å². The molecule has 0 heterocycles. The lowest BCUT2D eigenvalue weighted by Crippen LogP contribution is -2.02. The van der Waals surface area contributed by atoms with Crippen LogP contribution < -0.4 is 0 Å². The summed E-state index contributed by atoms with van der Waals surface area (Å²) in [7, 11) is 0. The molecule has 0 aliphatic heterocycles. The summed E-state index contributed by atoms with van der Waals surface area (Å²) in [5, 5.41) is -0.603. The molecular weight excluding hydrogens is 151 g/mol. The summed E-state index contributed by atoms with van der Waals surface area (Å²) < 4.78 is 11.7. The quantitative estimate of drug-likeness (QED) is 0.568. The van der Waals surface area contributed by atoms with Gasteiger partial charge >= 0.3 is 0 Å². The largest absolute Gasteiger partial charge is 0.282 e. The van der Waals surface area contributed by atoms with Crippen LogP contribution in [0.2, 0.25) is 0 Å². The average Bonchev–Trinajstić information content (AvgIpc) is 1.67. The summed E-state index contributed by atoms with van der Waals surface area (Å²) in [5.74, 6) is 0.575. The molecule has 0 saturated heterocycles. The molecule has 0 aromatic rings. The molecule has 8 heavy (non-hydrogen) atoms. The van der Waals surface area contributed by atoms with Gasteiger partial charge in [0.15, 0.2) is 0 Å². The van der Waals surface area contributed by atoms with Crippen LogP contribution in [-0.2, 0) is 4.79 Å². The van der Waals surface area contributed by atoms with Crippen molar-refractivity contribution in [1.82, 2.24) is 0 Å². The molecule has 4 heteroatoms. The van der Waals surface area contributed by atoms with Crippen LogP contribution in [0.4, 0.5) is 4.39 Å². The molecule has 0 amide bonds. The summed E-state index contributed by atoms with van der Waals surface area (Å²) in [6.45, 7) is 1.77. The van der Waals surface area contributed by atoms with E-state index in [1.165, 1.54) is 0 Å². The van der Waals surface area contributed by atoms with Crippen LogP contribution >= 0.6 is 23.4 Å². The van der Waals surface area contributed by atoms with Crippen LogP contribution in [0.15, 0.2) is 0 Å². The van der Waals surface area contributed by atoms with Gasteiger partial charge < -0.3 is 0 Å². The van der Waals surface area contributed by atoms with Crippen molar-refractivity contribution < 1.29 is 9.18 Å². The Morgan fingerprint density at radius 2 is 2.50 bits per heavy atom. The van der Waals surface area contributed by atoms with Gasteiger partial charge in [-0.2, -0.15) is 0 Å². The van der Waals surface area contributed by atoms with Crippen LogP contribution in [-0.4, -0.2) is 16.5 Å². The first-order valence-corrected chi connectivity index (χ1v) is 3.55. The maximum Gasteiger partial charge on any atom is 0.241 e. The Morgan fingerprint density at radius 3 is 2.62 bits per heavy atom. The molecule has 0 rings (SSSR count). The van der Waals surface area contributed by atoms with E-state index in [0.29, 0.717) is 5.75 Å². The lowest BCUT2D eigenvalue weighted by atomic mass is 10.9. The highest BCUT2D eigenvalue weighted by Gasteiger charge is 2.11. The van der Waals surface area contributed by atoms with Gasteiger partial charge in [0, 0.05) is 0 Å². The summed E-state index contributed by atoms with van der Waals surface area (Å²) in [6.07, 6.45) is 0. The van der Waals surface area contributed by atoms with Crippen molar-refractivity contribution in [3.63, 3.8) is 0 Å². The van der Waals surface area contributed by atoms with Crippen LogP contribution in [0.5, 0.6) is 0 Å². The summed E-state index contributed by atoms with van der Waals surface area (Å²) >= 11 is 5.66. The van der Waals surface area contributed by atoms with E-state index < -0.39 is 10.7 Å². The van der Waals surface area contributed by atoms with Crippen molar-refractivity contribution in [2.24, 2.45) is 0 Å². The predicted molar refractivity (Wildman–Crippen MR) is 33.9 cm³/mol. The first kappa shape index (κ1) is 8.24. The Labute approximate surface area is 56.6 Å². The highest BCUT2D eigenvalue weighted by atomic mass is 35.5. The number of alkyl halides is 2.